The molecule has 2 rings (SSSR count). The number of nitrogens with zero attached hydrogens (tertiary/aromatic N) is 1. The third-order valence-electron chi connectivity index (χ3n) is 2.61. The summed E-state index contributed by atoms with van der Waals surface area (Å²) in [6.45, 7) is 4.43. The van der Waals surface area contributed by atoms with E-state index in [-0.39, 0.29) is 10.2 Å². The van der Waals surface area contributed by atoms with E-state index in [1.807, 2.05) is 13.8 Å². The van der Waals surface area contributed by atoms with Gasteiger partial charge in [0.25, 0.3) is 0 Å². The molecule has 0 bridgehead atoms. The van der Waals surface area contributed by atoms with Gasteiger partial charge in [-0.25, -0.2) is 4.98 Å². The van der Waals surface area contributed by atoms with Crippen LogP contribution in [0.5, 0.6) is 5.75 Å². The van der Waals surface area contributed by atoms with Crippen LogP contribution in [-0.4, -0.2) is 11.3 Å². The topological polar surface area (TPSA) is 34.2 Å². The van der Waals surface area contributed by atoms with Crippen LogP contribution in [0.15, 0.2) is 22.7 Å². The Morgan fingerprint density at radius 1 is 1.33 bits per heavy atom. The van der Waals surface area contributed by atoms with Crippen LogP contribution >= 0.6 is 27.3 Å². The molecule has 2 aromatic rings. The van der Waals surface area contributed by atoms with Crippen LogP contribution in [0.3, 0.4) is 0 Å². The normalized spacial score (nSPS) is 11.5. The van der Waals surface area contributed by atoms with Gasteiger partial charge in [-0.15, -0.1) is 24.5 Å². The van der Waals surface area contributed by atoms with Crippen molar-refractivity contribution in [3.63, 3.8) is 0 Å². The Hall–Kier alpha value is -1.28. The number of anilines is 1. The molecule has 0 saturated carbocycles. The van der Waals surface area contributed by atoms with Gasteiger partial charge in [-0.2, -0.15) is 0 Å². The van der Waals surface area contributed by atoms with Gasteiger partial charge in [-0.1, -0.05) is 0 Å². The summed E-state index contributed by atoms with van der Waals surface area (Å²) in [5.74, 6) is -0.266. The Labute approximate surface area is 132 Å². The van der Waals surface area contributed by atoms with Crippen molar-refractivity contribution < 1.29 is 17.9 Å². The second-order valence-electron chi connectivity index (χ2n) is 4.29. The van der Waals surface area contributed by atoms with E-state index in [1.165, 1.54) is 12.1 Å². The SMILES string of the molecule is Cc1nc(C)c(CNc2ccc(OC(F)(F)F)c(Br)c2)s1. The zero-order valence-corrected chi connectivity index (χ0v) is 13.6. The molecule has 0 spiro atoms. The summed E-state index contributed by atoms with van der Waals surface area (Å²) in [6, 6.07) is 4.35. The first kappa shape index (κ1) is 16.1. The zero-order valence-electron chi connectivity index (χ0n) is 11.2. The van der Waals surface area contributed by atoms with Gasteiger partial charge >= 0.3 is 6.36 Å². The second-order valence-corrected chi connectivity index (χ2v) is 6.43. The summed E-state index contributed by atoms with van der Waals surface area (Å²) in [7, 11) is 0. The minimum Gasteiger partial charge on any atom is -0.405 e. The first-order valence-corrected chi connectivity index (χ1v) is 7.57. The number of thiazole rings is 1. The molecular formula is C13H12BrF3N2OS. The Morgan fingerprint density at radius 3 is 2.57 bits per heavy atom. The predicted octanol–water partition coefficient (Wildman–Crippen LogP) is 5.03. The first-order valence-electron chi connectivity index (χ1n) is 5.96. The lowest BCUT2D eigenvalue weighted by Gasteiger charge is -2.12. The van der Waals surface area contributed by atoms with Gasteiger partial charge in [0, 0.05) is 10.6 Å². The molecule has 0 unspecified atom stereocenters. The van der Waals surface area contributed by atoms with Crippen LogP contribution < -0.4 is 10.1 Å². The van der Waals surface area contributed by atoms with E-state index in [1.54, 1.807) is 17.4 Å². The highest BCUT2D eigenvalue weighted by atomic mass is 79.9. The third-order valence-corrected chi connectivity index (χ3v) is 4.30. The molecule has 0 amide bonds. The molecule has 1 aromatic carbocycles. The van der Waals surface area contributed by atoms with E-state index in [9.17, 15) is 13.2 Å². The summed E-state index contributed by atoms with van der Waals surface area (Å²) >= 11 is 4.66. The Balaban J connectivity index is 2.05. The number of ether oxygens (including phenoxy) is 1. The molecule has 0 aliphatic rings. The monoisotopic (exact) mass is 380 g/mol. The van der Waals surface area contributed by atoms with Gasteiger partial charge in [0.1, 0.15) is 5.75 Å². The van der Waals surface area contributed by atoms with Gasteiger partial charge in [0.2, 0.25) is 0 Å². The van der Waals surface area contributed by atoms with Crippen molar-refractivity contribution in [3.8, 4) is 5.75 Å². The zero-order chi connectivity index (χ0) is 15.6. The van der Waals surface area contributed by atoms with Gasteiger partial charge in [0.05, 0.1) is 21.7 Å². The molecule has 3 nitrogen and oxygen atoms in total. The quantitative estimate of drug-likeness (QED) is 0.807. The number of nitrogens with one attached hydrogen (secondary N) is 1. The molecule has 0 radical (unpaired) electrons. The largest absolute Gasteiger partial charge is 0.573 e. The summed E-state index contributed by atoms with van der Waals surface area (Å²) in [6.07, 6.45) is -4.70. The van der Waals surface area contributed by atoms with Crippen LogP contribution in [0.4, 0.5) is 18.9 Å². The average Bonchev–Trinajstić information content (AvgIpc) is 2.67. The van der Waals surface area contributed by atoms with Crippen molar-refractivity contribution in [3.05, 3.63) is 38.3 Å². The summed E-state index contributed by atoms with van der Waals surface area (Å²) in [5, 5.41) is 4.14. The van der Waals surface area contributed by atoms with Crippen LogP contribution in [0.1, 0.15) is 15.6 Å². The minimum absolute atomic E-state index is 0.238. The van der Waals surface area contributed by atoms with Crippen molar-refractivity contribution in [1.82, 2.24) is 4.98 Å². The van der Waals surface area contributed by atoms with Crippen molar-refractivity contribution in [2.75, 3.05) is 5.32 Å². The van der Waals surface area contributed by atoms with Crippen LogP contribution in [0.25, 0.3) is 0 Å². The van der Waals surface area contributed by atoms with Gasteiger partial charge in [0.15, 0.2) is 0 Å². The fraction of sp³-hybridized carbons (Fsp3) is 0.308. The molecule has 0 atom stereocenters. The molecule has 1 aromatic heterocycles. The standard InChI is InChI=1S/C13H12BrF3N2OS/c1-7-12(21-8(2)19-7)6-18-9-3-4-11(10(14)5-9)20-13(15,16)17/h3-5,18H,6H2,1-2H3. The molecule has 0 saturated heterocycles. The van der Waals surface area contributed by atoms with Crippen molar-refractivity contribution in [2.24, 2.45) is 0 Å². The van der Waals surface area contributed by atoms with Crippen LogP contribution in [0, 0.1) is 13.8 Å². The van der Waals surface area contributed by atoms with E-state index < -0.39 is 6.36 Å². The number of aryl methyl sites for hydroxylation is 2. The smallest absolute Gasteiger partial charge is 0.405 e. The highest BCUT2D eigenvalue weighted by molar-refractivity contribution is 9.10. The van der Waals surface area contributed by atoms with Gasteiger partial charge < -0.3 is 10.1 Å². The van der Waals surface area contributed by atoms with Crippen LogP contribution in [-0.2, 0) is 6.54 Å². The number of hydrogen-bond acceptors (Lipinski definition) is 4. The van der Waals surface area contributed by atoms with Gasteiger partial charge in [-0.05, 0) is 48.0 Å². The fourth-order valence-corrected chi connectivity index (χ4v) is 3.07. The minimum atomic E-state index is -4.70. The number of aromatic nitrogens is 1. The molecule has 0 aliphatic carbocycles. The van der Waals surface area contributed by atoms with Crippen molar-refractivity contribution in [2.45, 2.75) is 26.8 Å². The number of halogens is 4. The molecular weight excluding hydrogens is 369 g/mol. The number of hydrogen-bond donors (Lipinski definition) is 1. The van der Waals surface area contributed by atoms with E-state index in [2.05, 4.69) is 31.0 Å². The van der Waals surface area contributed by atoms with E-state index in [4.69, 9.17) is 0 Å². The molecule has 0 fully saturated rings. The van der Waals surface area contributed by atoms with Crippen molar-refractivity contribution in [1.29, 1.82) is 0 Å². The molecule has 1 N–H and O–H groups in total. The number of benzene rings is 1. The lowest BCUT2D eigenvalue weighted by molar-refractivity contribution is -0.274. The molecule has 114 valence electrons. The maximum atomic E-state index is 12.2. The average molecular weight is 381 g/mol. The second kappa shape index (κ2) is 6.23. The number of alkyl halides is 3. The Kier molecular flexibility index (Phi) is 4.77. The Morgan fingerprint density at radius 2 is 2.05 bits per heavy atom. The predicted molar refractivity (Wildman–Crippen MR) is 79.7 cm³/mol. The van der Waals surface area contributed by atoms with E-state index in [0.29, 0.717) is 12.2 Å². The lowest BCUT2D eigenvalue weighted by Crippen LogP contribution is -2.17. The highest BCUT2D eigenvalue weighted by Crippen LogP contribution is 2.32. The highest BCUT2D eigenvalue weighted by Gasteiger charge is 2.31. The molecule has 8 heteroatoms. The lowest BCUT2D eigenvalue weighted by atomic mass is 10.3. The number of rotatable bonds is 4. The molecule has 21 heavy (non-hydrogen) atoms. The summed E-state index contributed by atoms with van der Waals surface area (Å²) < 4.78 is 40.6. The molecule has 1 heterocycles. The summed E-state index contributed by atoms with van der Waals surface area (Å²) in [5.41, 5.74) is 1.66. The molecule has 0 aliphatic heterocycles. The maximum absolute atomic E-state index is 12.2. The van der Waals surface area contributed by atoms with E-state index >= 15 is 0 Å². The van der Waals surface area contributed by atoms with Crippen molar-refractivity contribution >= 4 is 33.0 Å². The Bertz CT molecular complexity index is 643. The van der Waals surface area contributed by atoms with E-state index in [0.717, 1.165) is 15.6 Å². The maximum Gasteiger partial charge on any atom is 0.573 e. The third kappa shape index (κ3) is 4.60. The summed E-state index contributed by atoms with van der Waals surface area (Å²) in [4.78, 5) is 5.42. The first-order chi connectivity index (χ1) is 9.74. The fourth-order valence-electron chi connectivity index (χ4n) is 1.74. The van der Waals surface area contributed by atoms with Crippen LogP contribution in [0.2, 0.25) is 0 Å². The van der Waals surface area contributed by atoms with Gasteiger partial charge in [-0.3, -0.25) is 0 Å².